The van der Waals surface area contributed by atoms with Gasteiger partial charge in [0, 0.05) is 18.7 Å². The molecule has 0 N–H and O–H groups in total. The molecule has 0 saturated heterocycles. The van der Waals surface area contributed by atoms with Crippen molar-refractivity contribution in [3.8, 4) is 5.75 Å². The number of allylic oxidation sites excluding steroid dienone is 3. The average molecular weight is 236 g/mol. The van der Waals surface area contributed by atoms with Gasteiger partial charge < -0.3 is 9.64 Å². The summed E-state index contributed by atoms with van der Waals surface area (Å²) in [6.45, 7) is 2.07. The maximum Gasteiger partial charge on any atom is 0.120 e. The Hall–Kier alpha value is -1.41. The van der Waals surface area contributed by atoms with Crippen molar-refractivity contribution in [1.82, 2.24) is 0 Å². The molecular weight excluding hydrogens is 222 g/mol. The van der Waals surface area contributed by atoms with Crippen molar-refractivity contribution in [3.63, 3.8) is 0 Å². The summed E-state index contributed by atoms with van der Waals surface area (Å²) in [4.78, 5) is 1.95. The fourth-order valence-electron chi connectivity index (χ4n) is 1.76. The Labute approximate surface area is 101 Å². The van der Waals surface area contributed by atoms with E-state index in [2.05, 4.69) is 13.0 Å². The SMILES string of the molecule is COc1ccc2c(c1)N(C)C(Cl)=CC=C2C. The van der Waals surface area contributed by atoms with Gasteiger partial charge in [0.15, 0.2) is 0 Å². The summed E-state index contributed by atoms with van der Waals surface area (Å²) >= 11 is 6.16. The lowest BCUT2D eigenvalue weighted by atomic mass is 10.0. The van der Waals surface area contributed by atoms with E-state index in [1.54, 1.807) is 7.11 Å². The van der Waals surface area contributed by atoms with E-state index in [1.807, 2.05) is 36.2 Å². The lowest BCUT2D eigenvalue weighted by Crippen LogP contribution is -2.13. The number of hydrogen-bond donors (Lipinski definition) is 0. The number of benzene rings is 1. The van der Waals surface area contributed by atoms with Crippen LogP contribution in [0.5, 0.6) is 5.75 Å². The second kappa shape index (κ2) is 4.22. The zero-order valence-electron chi connectivity index (χ0n) is 9.62. The van der Waals surface area contributed by atoms with Crippen LogP contribution in [0, 0.1) is 0 Å². The molecule has 0 bridgehead atoms. The van der Waals surface area contributed by atoms with E-state index < -0.39 is 0 Å². The molecule has 0 radical (unpaired) electrons. The van der Waals surface area contributed by atoms with Crippen LogP contribution in [0.1, 0.15) is 12.5 Å². The highest BCUT2D eigenvalue weighted by atomic mass is 35.5. The van der Waals surface area contributed by atoms with E-state index in [0.29, 0.717) is 5.16 Å². The first-order valence-corrected chi connectivity index (χ1v) is 5.47. The molecule has 1 aromatic carbocycles. The minimum atomic E-state index is 0.700. The molecule has 0 aliphatic carbocycles. The smallest absolute Gasteiger partial charge is 0.120 e. The number of halogens is 1. The van der Waals surface area contributed by atoms with Crippen LogP contribution in [0.25, 0.3) is 5.57 Å². The molecule has 0 spiro atoms. The van der Waals surface area contributed by atoms with E-state index >= 15 is 0 Å². The number of hydrogen-bond acceptors (Lipinski definition) is 2. The summed E-state index contributed by atoms with van der Waals surface area (Å²) in [6.07, 6.45) is 3.93. The van der Waals surface area contributed by atoms with E-state index in [9.17, 15) is 0 Å². The zero-order chi connectivity index (χ0) is 11.7. The van der Waals surface area contributed by atoms with Crippen molar-refractivity contribution < 1.29 is 4.74 Å². The molecule has 3 heteroatoms. The van der Waals surface area contributed by atoms with E-state index in [0.717, 1.165) is 11.4 Å². The first-order valence-electron chi connectivity index (χ1n) is 5.09. The van der Waals surface area contributed by atoms with Gasteiger partial charge in [-0.15, -0.1) is 0 Å². The van der Waals surface area contributed by atoms with Gasteiger partial charge in [-0.25, -0.2) is 0 Å². The van der Waals surface area contributed by atoms with Crippen LogP contribution in [0.2, 0.25) is 0 Å². The van der Waals surface area contributed by atoms with Crippen molar-refractivity contribution in [1.29, 1.82) is 0 Å². The van der Waals surface area contributed by atoms with Crippen LogP contribution in [-0.2, 0) is 0 Å². The second-order valence-corrected chi connectivity index (χ2v) is 4.17. The largest absolute Gasteiger partial charge is 0.497 e. The van der Waals surface area contributed by atoms with Crippen molar-refractivity contribution >= 4 is 22.9 Å². The Morgan fingerprint density at radius 2 is 2.00 bits per heavy atom. The van der Waals surface area contributed by atoms with E-state index in [4.69, 9.17) is 16.3 Å². The normalized spacial score (nSPS) is 14.9. The zero-order valence-corrected chi connectivity index (χ0v) is 10.4. The Kier molecular flexibility index (Phi) is 2.92. The predicted molar refractivity (Wildman–Crippen MR) is 69.0 cm³/mol. The molecule has 0 fully saturated rings. The Morgan fingerprint density at radius 3 is 2.69 bits per heavy atom. The third-order valence-electron chi connectivity index (χ3n) is 2.78. The standard InChI is InChI=1S/C13H14ClNO/c1-9-4-7-13(14)15(2)12-8-10(16-3)5-6-11(9)12/h4-8H,1-3H3. The van der Waals surface area contributed by atoms with E-state index in [1.165, 1.54) is 11.1 Å². The second-order valence-electron chi connectivity index (χ2n) is 3.78. The minimum absolute atomic E-state index is 0.700. The van der Waals surface area contributed by atoms with E-state index in [-0.39, 0.29) is 0 Å². The van der Waals surface area contributed by atoms with Gasteiger partial charge in [0.25, 0.3) is 0 Å². The summed E-state index contributed by atoms with van der Waals surface area (Å²) in [6, 6.07) is 6.01. The summed E-state index contributed by atoms with van der Waals surface area (Å²) in [5.41, 5.74) is 3.43. The first-order chi connectivity index (χ1) is 7.63. The fraction of sp³-hybridized carbons (Fsp3) is 0.231. The molecule has 0 aromatic heterocycles. The third-order valence-corrected chi connectivity index (χ3v) is 3.16. The van der Waals surface area contributed by atoms with Crippen molar-refractivity contribution in [2.75, 3.05) is 19.1 Å². The summed E-state index contributed by atoms with van der Waals surface area (Å²) in [5.74, 6) is 0.838. The van der Waals surface area contributed by atoms with Crippen molar-refractivity contribution in [2.24, 2.45) is 0 Å². The quantitative estimate of drug-likeness (QED) is 0.690. The lowest BCUT2D eigenvalue weighted by molar-refractivity contribution is 0.415. The highest BCUT2D eigenvalue weighted by molar-refractivity contribution is 6.31. The van der Waals surface area contributed by atoms with Gasteiger partial charge in [-0.1, -0.05) is 17.7 Å². The minimum Gasteiger partial charge on any atom is -0.497 e. The average Bonchev–Trinajstić information content (AvgIpc) is 2.42. The van der Waals surface area contributed by atoms with Gasteiger partial charge in [-0.2, -0.15) is 0 Å². The molecule has 16 heavy (non-hydrogen) atoms. The fourth-order valence-corrected chi connectivity index (χ4v) is 1.91. The number of anilines is 1. The lowest BCUT2D eigenvalue weighted by Gasteiger charge is -2.20. The molecule has 2 nitrogen and oxygen atoms in total. The van der Waals surface area contributed by atoms with Crippen LogP contribution in [0.3, 0.4) is 0 Å². The Bertz CT molecular complexity index is 477. The molecule has 2 rings (SSSR count). The van der Waals surface area contributed by atoms with Gasteiger partial charge in [-0.05, 0) is 30.7 Å². The molecule has 84 valence electrons. The number of fused-ring (bicyclic) bond motifs is 1. The Balaban J connectivity index is 2.61. The van der Waals surface area contributed by atoms with Crippen LogP contribution in [0.4, 0.5) is 5.69 Å². The molecule has 0 unspecified atom stereocenters. The number of ether oxygens (including phenoxy) is 1. The summed E-state index contributed by atoms with van der Waals surface area (Å²) in [7, 11) is 3.61. The molecule has 1 aliphatic heterocycles. The van der Waals surface area contributed by atoms with Crippen molar-refractivity contribution in [3.05, 3.63) is 41.1 Å². The van der Waals surface area contributed by atoms with Crippen molar-refractivity contribution in [2.45, 2.75) is 6.92 Å². The molecule has 1 heterocycles. The van der Waals surface area contributed by atoms with Gasteiger partial charge in [0.1, 0.15) is 10.9 Å². The van der Waals surface area contributed by atoms with Crippen LogP contribution < -0.4 is 9.64 Å². The Morgan fingerprint density at radius 1 is 1.25 bits per heavy atom. The number of rotatable bonds is 1. The first kappa shape index (κ1) is 11.1. The molecule has 0 atom stereocenters. The maximum atomic E-state index is 6.16. The van der Waals surface area contributed by atoms with Gasteiger partial charge in [0.05, 0.1) is 12.8 Å². The van der Waals surface area contributed by atoms with Gasteiger partial charge >= 0.3 is 0 Å². The highest BCUT2D eigenvalue weighted by Crippen LogP contribution is 2.35. The highest BCUT2D eigenvalue weighted by Gasteiger charge is 2.14. The topological polar surface area (TPSA) is 12.5 Å². The van der Waals surface area contributed by atoms with Gasteiger partial charge in [0.2, 0.25) is 0 Å². The van der Waals surface area contributed by atoms with Crippen LogP contribution >= 0.6 is 11.6 Å². The predicted octanol–water partition coefficient (Wildman–Crippen LogP) is 3.63. The summed E-state index contributed by atoms with van der Waals surface area (Å²) in [5, 5.41) is 0.700. The number of nitrogens with zero attached hydrogens (tertiary/aromatic N) is 1. The third kappa shape index (κ3) is 1.81. The molecule has 1 aliphatic rings. The number of methoxy groups -OCH3 is 1. The van der Waals surface area contributed by atoms with Crippen LogP contribution in [-0.4, -0.2) is 14.2 Å². The monoisotopic (exact) mass is 235 g/mol. The molecule has 0 saturated carbocycles. The van der Waals surface area contributed by atoms with Gasteiger partial charge in [-0.3, -0.25) is 0 Å². The summed E-state index contributed by atoms with van der Waals surface area (Å²) < 4.78 is 5.23. The maximum absolute atomic E-state index is 6.16. The molecule has 1 aromatic rings. The molecule has 0 amide bonds. The molecular formula is C13H14ClNO. The van der Waals surface area contributed by atoms with Crippen LogP contribution in [0.15, 0.2) is 35.5 Å².